The molecule has 0 radical (unpaired) electrons. The molecule has 0 amide bonds. The monoisotopic (exact) mass is 483 g/mol. The van der Waals surface area contributed by atoms with Crippen LogP contribution < -0.4 is 9.47 Å². The molecule has 2 aromatic carbocycles. The van der Waals surface area contributed by atoms with E-state index in [1.54, 1.807) is 0 Å². The van der Waals surface area contributed by atoms with Crippen molar-refractivity contribution in [3.8, 4) is 11.5 Å². The number of benzene rings is 2. The third-order valence-electron chi connectivity index (χ3n) is 6.21. The molecule has 1 fully saturated rings. The Hall–Kier alpha value is -2.54. The standard InChI is InChI=1S/C27H34ClN3O3/c1-20-15-29-31(16-20)10-11-33-24-7-4-6-23(14-24)17-30-9-5-8-27(32,18-30)19-34-25-12-21(2)26(28)22(3)13-25/h4,6-7,12-16,32H,5,8-11,17-19H2,1-3H3/t27-/m1/s1. The van der Waals surface area contributed by atoms with Crippen molar-refractivity contribution < 1.29 is 14.6 Å². The Morgan fingerprint density at radius 3 is 2.62 bits per heavy atom. The van der Waals surface area contributed by atoms with Gasteiger partial charge in [0.25, 0.3) is 0 Å². The maximum Gasteiger partial charge on any atom is 0.120 e. The second kappa shape index (κ2) is 10.8. The van der Waals surface area contributed by atoms with Gasteiger partial charge in [0.1, 0.15) is 30.3 Å². The predicted molar refractivity (Wildman–Crippen MR) is 135 cm³/mol. The van der Waals surface area contributed by atoms with E-state index in [0.717, 1.165) is 59.1 Å². The molecule has 3 aromatic rings. The summed E-state index contributed by atoms with van der Waals surface area (Å²) < 4.78 is 13.8. The van der Waals surface area contributed by atoms with Crippen molar-refractivity contribution in [2.75, 3.05) is 26.3 Å². The quantitative estimate of drug-likeness (QED) is 0.466. The molecule has 0 unspecified atom stereocenters. The summed E-state index contributed by atoms with van der Waals surface area (Å²) in [4.78, 5) is 2.29. The number of rotatable bonds is 9. The van der Waals surface area contributed by atoms with Gasteiger partial charge in [-0.3, -0.25) is 9.58 Å². The summed E-state index contributed by atoms with van der Waals surface area (Å²) in [6.45, 7) is 9.79. The molecular weight excluding hydrogens is 450 g/mol. The van der Waals surface area contributed by atoms with Gasteiger partial charge in [0, 0.05) is 24.3 Å². The van der Waals surface area contributed by atoms with Gasteiger partial charge in [0.2, 0.25) is 0 Å². The maximum atomic E-state index is 11.2. The summed E-state index contributed by atoms with van der Waals surface area (Å²) in [5, 5.41) is 16.3. The first-order chi connectivity index (χ1) is 16.3. The van der Waals surface area contributed by atoms with Crippen LogP contribution in [-0.2, 0) is 13.1 Å². The molecule has 0 saturated carbocycles. The Morgan fingerprint density at radius 2 is 1.88 bits per heavy atom. The largest absolute Gasteiger partial charge is 0.492 e. The molecule has 1 saturated heterocycles. The molecule has 34 heavy (non-hydrogen) atoms. The topological polar surface area (TPSA) is 59.8 Å². The average Bonchev–Trinajstić information content (AvgIpc) is 3.21. The molecule has 1 N–H and O–H groups in total. The summed E-state index contributed by atoms with van der Waals surface area (Å²) in [5.41, 5.74) is 3.40. The number of hydrogen-bond donors (Lipinski definition) is 1. The molecular formula is C27H34ClN3O3. The van der Waals surface area contributed by atoms with Crippen molar-refractivity contribution in [2.24, 2.45) is 0 Å². The first-order valence-corrected chi connectivity index (χ1v) is 12.2. The Labute approximate surface area is 207 Å². The summed E-state index contributed by atoms with van der Waals surface area (Å²) in [6.07, 6.45) is 5.52. The van der Waals surface area contributed by atoms with Gasteiger partial charge < -0.3 is 14.6 Å². The average molecular weight is 484 g/mol. The SMILES string of the molecule is Cc1cnn(CCOc2cccc(CN3CCC[C@](O)(COc4cc(C)c(Cl)c(C)c4)C3)c2)c1. The number of halogens is 1. The van der Waals surface area contributed by atoms with E-state index in [0.29, 0.717) is 19.7 Å². The second-order valence-corrected chi connectivity index (χ2v) is 9.85. The highest BCUT2D eigenvalue weighted by atomic mass is 35.5. The minimum Gasteiger partial charge on any atom is -0.492 e. The van der Waals surface area contributed by atoms with Crippen molar-refractivity contribution in [1.82, 2.24) is 14.7 Å². The second-order valence-electron chi connectivity index (χ2n) is 9.47. The molecule has 182 valence electrons. The van der Waals surface area contributed by atoms with Crippen LogP contribution in [0.15, 0.2) is 48.8 Å². The fourth-order valence-electron chi connectivity index (χ4n) is 4.50. The first-order valence-electron chi connectivity index (χ1n) is 11.8. The fraction of sp³-hybridized carbons (Fsp3) is 0.444. The van der Waals surface area contributed by atoms with Gasteiger partial charge in [0.05, 0.1) is 12.7 Å². The molecule has 7 heteroatoms. The molecule has 4 rings (SSSR count). The number of aromatic nitrogens is 2. The van der Waals surface area contributed by atoms with Crippen molar-refractivity contribution >= 4 is 11.6 Å². The lowest BCUT2D eigenvalue weighted by Crippen LogP contribution is -2.51. The number of hydrogen-bond acceptors (Lipinski definition) is 5. The van der Waals surface area contributed by atoms with E-state index >= 15 is 0 Å². The molecule has 0 aliphatic carbocycles. The van der Waals surface area contributed by atoms with Crippen LogP contribution in [-0.4, -0.2) is 51.7 Å². The zero-order chi connectivity index (χ0) is 24.1. The minimum absolute atomic E-state index is 0.264. The van der Waals surface area contributed by atoms with E-state index < -0.39 is 5.60 Å². The number of β-amino-alcohol motifs (C(OH)–C–C–N with tert-alkyl or cyclic N) is 1. The highest BCUT2D eigenvalue weighted by Crippen LogP contribution is 2.28. The van der Waals surface area contributed by atoms with Gasteiger partial charge in [-0.25, -0.2) is 0 Å². The number of piperidine rings is 1. The number of likely N-dealkylation sites (tertiary alicyclic amines) is 1. The molecule has 6 nitrogen and oxygen atoms in total. The third kappa shape index (κ3) is 6.53. The van der Waals surface area contributed by atoms with Gasteiger partial charge in [-0.05, 0) is 86.7 Å². The smallest absolute Gasteiger partial charge is 0.120 e. The number of aryl methyl sites for hydroxylation is 3. The van der Waals surface area contributed by atoms with Crippen LogP contribution >= 0.6 is 11.6 Å². The van der Waals surface area contributed by atoms with E-state index in [4.69, 9.17) is 21.1 Å². The minimum atomic E-state index is -0.879. The van der Waals surface area contributed by atoms with Crippen LogP contribution in [0, 0.1) is 20.8 Å². The normalized spacial score (nSPS) is 18.7. The van der Waals surface area contributed by atoms with E-state index in [9.17, 15) is 5.11 Å². The van der Waals surface area contributed by atoms with Crippen LogP contribution in [0.3, 0.4) is 0 Å². The lowest BCUT2D eigenvalue weighted by atomic mass is 9.93. The molecule has 1 aliphatic heterocycles. The van der Waals surface area contributed by atoms with Gasteiger partial charge in [-0.2, -0.15) is 5.10 Å². The number of aliphatic hydroxyl groups is 1. The molecule has 0 spiro atoms. The van der Waals surface area contributed by atoms with Crippen LogP contribution in [0.5, 0.6) is 11.5 Å². The van der Waals surface area contributed by atoms with Crippen molar-refractivity contribution in [3.05, 3.63) is 76.1 Å². The summed E-state index contributed by atoms with van der Waals surface area (Å²) in [7, 11) is 0. The Balaban J connectivity index is 1.30. The third-order valence-corrected chi connectivity index (χ3v) is 6.80. The molecule has 2 heterocycles. The molecule has 1 atom stereocenters. The summed E-state index contributed by atoms with van der Waals surface area (Å²) >= 11 is 6.27. The first kappa shape index (κ1) is 24.6. The highest BCUT2D eigenvalue weighted by Gasteiger charge is 2.34. The Kier molecular flexibility index (Phi) is 7.81. The highest BCUT2D eigenvalue weighted by molar-refractivity contribution is 6.32. The molecule has 1 aliphatic rings. The van der Waals surface area contributed by atoms with Gasteiger partial charge in [-0.15, -0.1) is 0 Å². The van der Waals surface area contributed by atoms with Crippen molar-refractivity contribution in [1.29, 1.82) is 0 Å². The van der Waals surface area contributed by atoms with E-state index in [2.05, 4.69) is 22.1 Å². The maximum absolute atomic E-state index is 11.2. The van der Waals surface area contributed by atoms with E-state index in [1.807, 2.05) is 62.1 Å². The summed E-state index contributed by atoms with van der Waals surface area (Å²) in [5.74, 6) is 1.60. The van der Waals surface area contributed by atoms with E-state index in [1.165, 1.54) is 5.56 Å². The molecule has 0 bridgehead atoms. The molecule has 1 aromatic heterocycles. The van der Waals surface area contributed by atoms with Crippen molar-refractivity contribution in [2.45, 2.75) is 52.3 Å². The number of nitrogens with zero attached hydrogens (tertiary/aromatic N) is 3. The lowest BCUT2D eigenvalue weighted by molar-refractivity contribution is -0.0621. The summed E-state index contributed by atoms with van der Waals surface area (Å²) in [6, 6.07) is 12.0. The van der Waals surface area contributed by atoms with Crippen LogP contribution in [0.4, 0.5) is 0 Å². The van der Waals surface area contributed by atoms with Gasteiger partial charge >= 0.3 is 0 Å². The van der Waals surface area contributed by atoms with Crippen molar-refractivity contribution in [3.63, 3.8) is 0 Å². The van der Waals surface area contributed by atoms with Gasteiger partial charge in [0.15, 0.2) is 0 Å². The zero-order valence-electron chi connectivity index (χ0n) is 20.3. The van der Waals surface area contributed by atoms with Crippen LogP contribution in [0.25, 0.3) is 0 Å². The fourth-order valence-corrected chi connectivity index (χ4v) is 4.61. The zero-order valence-corrected chi connectivity index (χ0v) is 21.0. The number of ether oxygens (including phenoxy) is 2. The van der Waals surface area contributed by atoms with Crippen LogP contribution in [0.1, 0.15) is 35.1 Å². The van der Waals surface area contributed by atoms with Gasteiger partial charge in [-0.1, -0.05) is 23.7 Å². The predicted octanol–water partition coefficient (Wildman–Crippen LogP) is 4.95. The lowest BCUT2D eigenvalue weighted by Gasteiger charge is -2.39. The van der Waals surface area contributed by atoms with E-state index in [-0.39, 0.29) is 6.61 Å². The Bertz CT molecular complexity index is 1090. The Morgan fingerprint density at radius 1 is 1.09 bits per heavy atom. The van der Waals surface area contributed by atoms with Crippen LogP contribution in [0.2, 0.25) is 5.02 Å².